The van der Waals surface area contributed by atoms with Gasteiger partial charge in [-0.05, 0) is 37.6 Å². The molecule has 3 rings (SSSR count). The van der Waals surface area contributed by atoms with Gasteiger partial charge in [0, 0.05) is 10.5 Å². The molecule has 2 aromatic carbocycles. The largest absolute Gasteiger partial charge is 0.452 e. The van der Waals surface area contributed by atoms with E-state index in [1.807, 2.05) is 61.5 Å². The van der Waals surface area contributed by atoms with Gasteiger partial charge < -0.3 is 9.15 Å². The van der Waals surface area contributed by atoms with Crippen molar-refractivity contribution in [1.82, 2.24) is 10.2 Å². The fourth-order valence-corrected chi connectivity index (χ4v) is 3.04. The molecular formula is C19H18N2O3S. The van der Waals surface area contributed by atoms with Crippen LogP contribution < -0.4 is 0 Å². The van der Waals surface area contributed by atoms with Gasteiger partial charge >= 0.3 is 5.97 Å². The number of esters is 1. The molecule has 0 N–H and O–H groups in total. The monoisotopic (exact) mass is 354 g/mol. The van der Waals surface area contributed by atoms with E-state index in [4.69, 9.17) is 9.15 Å². The summed E-state index contributed by atoms with van der Waals surface area (Å²) in [6.45, 7) is 3.73. The highest BCUT2D eigenvalue weighted by molar-refractivity contribution is 8.00. The van der Waals surface area contributed by atoms with Crippen LogP contribution in [0.25, 0.3) is 11.5 Å². The molecule has 1 aromatic heterocycles. The number of carbonyl (C=O) groups is 1. The Kier molecular flexibility index (Phi) is 5.50. The van der Waals surface area contributed by atoms with Crippen molar-refractivity contribution < 1.29 is 13.9 Å². The third-order valence-electron chi connectivity index (χ3n) is 3.56. The number of ether oxygens (including phenoxy) is 1. The van der Waals surface area contributed by atoms with E-state index < -0.39 is 6.10 Å². The maximum absolute atomic E-state index is 12.1. The third-order valence-corrected chi connectivity index (χ3v) is 4.71. The van der Waals surface area contributed by atoms with Gasteiger partial charge in [-0.2, -0.15) is 0 Å². The zero-order chi connectivity index (χ0) is 17.6. The fourth-order valence-electron chi connectivity index (χ4n) is 2.23. The van der Waals surface area contributed by atoms with Crippen molar-refractivity contribution in [3.63, 3.8) is 0 Å². The van der Waals surface area contributed by atoms with Crippen molar-refractivity contribution in [2.24, 2.45) is 0 Å². The molecule has 1 atom stereocenters. The average Bonchev–Trinajstić information content (AvgIpc) is 3.12. The number of aromatic nitrogens is 2. The Morgan fingerprint density at radius 2 is 1.84 bits per heavy atom. The van der Waals surface area contributed by atoms with Gasteiger partial charge in [0.25, 0.3) is 5.89 Å². The van der Waals surface area contributed by atoms with Crippen LogP contribution in [0.5, 0.6) is 0 Å². The molecule has 0 aliphatic rings. The Labute approximate surface area is 150 Å². The van der Waals surface area contributed by atoms with Crippen molar-refractivity contribution in [2.75, 3.05) is 5.75 Å². The van der Waals surface area contributed by atoms with E-state index in [-0.39, 0.29) is 17.6 Å². The second-order valence-electron chi connectivity index (χ2n) is 5.50. The van der Waals surface area contributed by atoms with Crippen LogP contribution in [0.15, 0.2) is 63.9 Å². The summed E-state index contributed by atoms with van der Waals surface area (Å²) in [5, 5.41) is 7.98. The molecule has 0 fully saturated rings. The summed E-state index contributed by atoms with van der Waals surface area (Å²) < 4.78 is 11.0. The lowest BCUT2D eigenvalue weighted by Crippen LogP contribution is -2.11. The molecule has 0 saturated carbocycles. The standard InChI is InChI=1S/C19H18N2O3S/c1-13-8-6-7-11-16(13)25-12-17(22)23-14(2)18-20-21-19(24-18)15-9-4-3-5-10-15/h3-11,14H,12H2,1-2H3/t14-/m0/s1. The topological polar surface area (TPSA) is 65.2 Å². The summed E-state index contributed by atoms with van der Waals surface area (Å²) in [6, 6.07) is 17.4. The lowest BCUT2D eigenvalue weighted by atomic mass is 10.2. The molecule has 0 spiro atoms. The minimum absolute atomic E-state index is 0.231. The number of benzene rings is 2. The molecular weight excluding hydrogens is 336 g/mol. The Balaban J connectivity index is 1.57. The average molecular weight is 354 g/mol. The van der Waals surface area contributed by atoms with Crippen LogP contribution in [-0.2, 0) is 9.53 Å². The minimum Gasteiger partial charge on any atom is -0.452 e. The smallest absolute Gasteiger partial charge is 0.317 e. The van der Waals surface area contributed by atoms with Gasteiger partial charge in [0.15, 0.2) is 6.10 Å². The molecule has 0 aliphatic carbocycles. The van der Waals surface area contributed by atoms with Gasteiger partial charge in [-0.3, -0.25) is 4.79 Å². The first-order valence-electron chi connectivity index (χ1n) is 7.90. The van der Waals surface area contributed by atoms with Crippen LogP contribution >= 0.6 is 11.8 Å². The van der Waals surface area contributed by atoms with E-state index >= 15 is 0 Å². The van der Waals surface area contributed by atoms with Crippen molar-refractivity contribution in [3.8, 4) is 11.5 Å². The first kappa shape index (κ1) is 17.2. The lowest BCUT2D eigenvalue weighted by Gasteiger charge is -2.09. The summed E-state index contributed by atoms with van der Waals surface area (Å²) in [4.78, 5) is 13.1. The maximum atomic E-state index is 12.1. The zero-order valence-corrected chi connectivity index (χ0v) is 14.8. The molecule has 0 bridgehead atoms. The molecule has 0 amide bonds. The van der Waals surface area contributed by atoms with Gasteiger partial charge in [0.1, 0.15) is 0 Å². The molecule has 0 saturated heterocycles. The molecule has 0 unspecified atom stereocenters. The Morgan fingerprint density at radius 3 is 2.60 bits per heavy atom. The highest BCUT2D eigenvalue weighted by atomic mass is 32.2. The van der Waals surface area contributed by atoms with E-state index in [0.29, 0.717) is 5.89 Å². The number of hydrogen-bond acceptors (Lipinski definition) is 6. The zero-order valence-electron chi connectivity index (χ0n) is 14.0. The molecule has 25 heavy (non-hydrogen) atoms. The predicted octanol–water partition coefficient (Wildman–Crippen LogP) is 4.44. The van der Waals surface area contributed by atoms with Gasteiger partial charge in [0.2, 0.25) is 5.89 Å². The van der Waals surface area contributed by atoms with Gasteiger partial charge in [0.05, 0.1) is 5.75 Å². The summed E-state index contributed by atoms with van der Waals surface area (Å²) in [5.74, 6) is 0.607. The molecule has 128 valence electrons. The maximum Gasteiger partial charge on any atom is 0.317 e. The van der Waals surface area contributed by atoms with E-state index in [1.165, 1.54) is 11.8 Å². The number of thioether (sulfide) groups is 1. The van der Waals surface area contributed by atoms with E-state index in [9.17, 15) is 4.79 Å². The molecule has 6 heteroatoms. The number of carbonyl (C=O) groups excluding carboxylic acids is 1. The summed E-state index contributed by atoms with van der Waals surface area (Å²) >= 11 is 1.45. The Bertz CT molecular complexity index is 849. The van der Waals surface area contributed by atoms with Gasteiger partial charge in [-0.15, -0.1) is 22.0 Å². The highest BCUT2D eigenvalue weighted by Crippen LogP contribution is 2.24. The Hall–Kier alpha value is -2.60. The van der Waals surface area contributed by atoms with Gasteiger partial charge in [-0.25, -0.2) is 0 Å². The highest BCUT2D eigenvalue weighted by Gasteiger charge is 2.19. The summed E-state index contributed by atoms with van der Waals surface area (Å²) in [5.41, 5.74) is 1.97. The van der Waals surface area contributed by atoms with Crippen molar-refractivity contribution in [2.45, 2.75) is 24.8 Å². The minimum atomic E-state index is -0.588. The molecule has 0 radical (unpaired) electrons. The fraction of sp³-hybridized carbons (Fsp3) is 0.211. The van der Waals surface area contributed by atoms with Crippen LogP contribution in [0.3, 0.4) is 0 Å². The number of aryl methyl sites for hydroxylation is 1. The van der Waals surface area contributed by atoms with E-state index in [1.54, 1.807) is 6.92 Å². The molecule has 1 heterocycles. The summed E-state index contributed by atoms with van der Waals surface area (Å²) in [7, 11) is 0. The van der Waals surface area contributed by atoms with Crippen LogP contribution in [-0.4, -0.2) is 21.9 Å². The lowest BCUT2D eigenvalue weighted by molar-refractivity contribution is -0.146. The first-order valence-corrected chi connectivity index (χ1v) is 8.89. The Morgan fingerprint density at radius 1 is 1.12 bits per heavy atom. The first-order chi connectivity index (χ1) is 12.1. The number of nitrogens with zero attached hydrogens (tertiary/aromatic N) is 2. The second-order valence-corrected chi connectivity index (χ2v) is 6.51. The number of hydrogen-bond donors (Lipinski definition) is 0. The number of rotatable bonds is 6. The van der Waals surface area contributed by atoms with Crippen LogP contribution in [0, 0.1) is 6.92 Å². The van der Waals surface area contributed by atoms with Crippen molar-refractivity contribution in [3.05, 3.63) is 66.1 Å². The third kappa shape index (κ3) is 4.48. The van der Waals surface area contributed by atoms with Crippen LogP contribution in [0.1, 0.15) is 24.5 Å². The normalized spacial score (nSPS) is 11.9. The van der Waals surface area contributed by atoms with E-state index in [0.717, 1.165) is 16.0 Å². The molecule has 3 aromatic rings. The van der Waals surface area contributed by atoms with Gasteiger partial charge in [-0.1, -0.05) is 36.4 Å². The second kappa shape index (κ2) is 7.98. The van der Waals surface area contributed by atoms with E-state index in [2.05, 4.69) is 10.2 Å². The predicted molar refractivity (Wildman–Crippen MR) is 96.1 cm³/mol. The van der Waals surface area contributed by atoms with Crippen molar-refractivity contribution >= 4 is 17.7 Å². The van der Waals surface area contributed by atoms with Crippen LogP contribution in [0.4, 0.5) is 0 Å². The summed E-state index contributed by atoms with van der Waals surface area (Å²) in [6.07, 6.45) is -0.588. The quantitative estimate of drug-likeness (QED) is 0.481. The SMILES string of the molecule is Cc1ccccc1SCC(=O)O[C@@H](C)c1nnc(-c2ccccc2)o1. The van der Waals surface area contributed by atoms with Crippen molar-refractivity contribution in [1.29, 1.82) is 0 Å². The van der Waals surface area contributed by atoms with Crippen LogP contribution in [0.2, 0.25) is 0 Å². The molecule has 0 aliphatic heterocycles. The molecule has 5 nitrogen and oxygen atoms in total.